The summed E-state index contributed by atoms with van der Waals surface area (Å²) in [6.45, 7) is 11.9. The van der Waals surface area contributed by atoms with Crippen molar-refractivity contribution in [2.75, 3.05) is 37.0 Å². The number of carbonyl (C=O) groups is 1. The molecular weight excluding hydrogens is 448 g/mol. The van der Waals surface area contributed by atoms with E-state index in [2.05, 4.69) is 65.5 Å². The SMILES string of the molecule is Cc1cccc(-n2c(SCC(=O)N/N=C3\CC4CCC3(C)C4(C)C)nnc2N2CCOCC2)c1. The summed E-state index contributed by atoms with van der Waals surface area (Å²) in [5.74, 6) is 1.56. The van der Waals surface area contributed by atoms with Gasteiger partial charge in [-0.05, 0) is 55.2 Å². The summed E-state index contributed by atoms with van der Waals surface area (Å²) < 4.78 is 7.55. The Morgan fingerprint density at radius 1 is 1.26 bits per heavy atom. The molecule has 34 heavy (non-hydrogen) atoms. The maximum absolute atomic E-state index is 12.7. The molecule has 9 heteroatoms. The summed E-state index contributed by atoms with van der Waals surface area (Å²) in [4.78, 5) is 14.9. The molecule has 1 aromatic heterocycles. The molecule has 8 nitrogen and oxygen atoms in total. The number of benzene rings is 1. The number of hydrazone groups is 1. The number of anilines is 1. The molecule has 2 saturated carbocycles. The van der Waals surface area contributed by atoms with Crippen LogP contribution in [0.2, 0.25) is 0 Å². The lowest BCUT2D eigenvalue weighted by Crippen LogP contribution is -2.37. The number of fused-ring (bicyclic) bond motifs is 2. The number of nitrogens with one attached hydrogen (secondary N) is 1. The fourth-order valence-corrected chi connectivity index (χ4v) is 6.45. The number of amides is 1. The number of rotatable bonds is 6. The van der Waals surface area contributed by atoms with E-state index in [4.69, 9.17) is 4.74 Å². The van der Waals surface area contributed by atoms with Crippen LogP contribution >= 0.6 is 11.8 Å². The molecule has 2 bridgehead atoms. The Morgan fingerprint density at radius 2 is 2.06 bits per heavy atom. The van der Waals surface area contributed by atoms with Crippen LogP contribution in [0.3, 0.4) is 0 Å². The zero-order valence-corrected chi connectivity index (χ0v) is 21.3. The van der Waals surface area contributed by atoms with Crippen molar-refractivity contribution < 1.29 is 9.53 Å². The zero-order chi connectivity index (χ0) is 23.9. The molecule has 1 saturated heterocycles. The molecule has 2 heterocycles. The molecule has 3 aliphatic rings. The van der Waals surface area contributed by atoms with Gasteiger partial charge in [-0.1, -0.05) is 44.7 Å². The monoisotopic (exact) mass is 482 g/mol. The van der Waals surface area contributed by atoms with Crippen molar-refractivity contribution in [3.8, 4) is 5.69 Å². The minimum absolute atomic E-state index is 0.0799. The van der Waals surface area contributed by atoms with Gasteiger partial charge in [0.25, 0.3) is 5.91 Å². The standard InChI is InChI=1S/C25H34N6O2S/c1-17-6-5-7-19(14-17)31-22(30-10-12-33-13-11-30)28-29-23(31)34-16-21(32)27-26-20-15-18-8-9-25(20,4)24(18,2)3/h5-7,14,18H,8-13,15-16H2,1-4H3,(H,27,32)/b26-20+. The highest BCUT2D eigenvalue weighted by Crippen LogP contribution is 2.63. The average molecular weight is 483 g/mol. The molecule has 1 aromatic carbocycles. The average Bonchev–Trinajstić information content (AvgIpc) is 3.41. The summed E-state index contributed by atoms with van der Waals surface area (Å²) >= 11 is 1.39. The topological polar surface area (TPSA) is 84.6 Å². The molecule has 3 fully saturated rings. The summed E-state index contributed by atoms with van der Waals surface area (Å²) in [7, 11) is 0. The molecule has 0 radical (unpaired) electrons. The van der Waals surface area contributed by atoms with E-state index in [9.17, 15) is 4.79 Å². The van der Waals surface area contributed by atoms with Crippen LogP contribution in [0, 0.1) is 23.7 Å². The number of nitrogens with zero attached hydrogens (tertiary/aromatic N) is 5. The first-order chi connectivity index (χ1) is 16.3. The molecule has 1 N–H and O–H groups in total. The second-order valence-corrected chi connectivity index (χ2v) is 11.4. The van der Waals surface area contributed by atoms with E-state index >= 15 is 0 Å². The quantitative estimate of drug-likeness (QED) is 0.498. The molecule has 0 spiro atoms. The van der Waals surface area contributed by atoms with Crippen molar-refractivity contribution in [2.24, 2.45) is 21.8 Å². The molecule has 2 atom stereocenters. The third kappa shape index (κ3) is 4.02. The second kappa shape index (κ2) is 9.00. The van der Waals surface area contributed by atoms with Crippen LogP contribution in [-0.4, -0.2) is 58.4 Å². The minimum atomic E-state index is -0.117. The van der Waals surface area contributed by atoms with E-state index in [1.54, 1.807) is 0 Å². The van der Waals surface area contributed by atoms with E-state index in [-0.39, 0.29) is 22.5 Å². The van der Waals surface area contributed by atoms with Crippen molar-refractivity contribution in [1.29, 1.82) is 0 Å². The van der Waals surface area contributed by atoms with E-state index in [0.717, 1.165) is 48.8 Å². The first-order valence-electron chi connectivity index (χ1n) is 12.1. The van der Waals surface area contributed by atoms with Crippen LogP contribution in [0.5, 0.6) is 0 Å². The number of thioether (sulfide) groups is 1. The van der Waals surface area contributed by atoms with Gasteiger partial charge in [0.15, 0.2) is 5.16 Å². The number of aryl methyl sites for hydroxylation is 1. The Labute approximate surface area is 205 Å². The molecule has 2 aromatic rings. The molecule has 2 aliphatic carbocycles. The number of ether oxygens (including phenoxy) is 1. The highest BCUT2D eigenvalue weighted by Gasteiger charge is 2.60. The van der Waals surface area contributed by atoms with Crippen LogP contribution in [0.15, 0.2) is 34.5 Å². The molecule has 1 aliphatic heterocycles. The molecule has 2 unspecified atom stereocenters. The Balaban J connectivity index is 1.31. The van der Waals surface area contributed by atoms with Gasteiger partial charge in [0.2, 0.25) is 5.95 Å². The third-order valence-corrected chi connectivity index (χ3v) is 9.26. The molecule has 1 amide bonds. The predicted octanol–water partition coefficient (Wildman–Crippen LogP) is 3.82. The highest BCUT2D eigenvalue weighted by atomic mass is 32.2. The van der Waals surface area contributed by atoms with Crippen LogP contribution in [0.1, 0.15) is 45.6 Å². The summed E-state index contributed by atoms with van der Waals surface area (Å²) in [5, 5.41) is 14.2. The summed E-state index contributed by atoms with van der Waals surface area (Å²) in [6.07, 6.45) is 3.39. The highest BCUT2D eigenvalue weighted by molar-refractivity contribution is 7.99. The van der Waals surface area contributed by atoms with E-state index < -0.39 is 0 Å². The largest absolute Gasteiger partial charge is 0.378 e. The summed E-state index contributed by atoms with van der Waals surface area (Å²) in [6, 6.07) is 8.26. The summed E-state index contributed by atoms with van der Waals surface area (Å²) in [5.41, 5.74) is 6.44. The van der Waals surface area contributed by atoms with Crippen LogP contribution in [-0.2, 0) is 9.53 Å². The lowest BCUT2D eigenvalue weighted by Gasteiger charge is -2.34. The Bertz CT molecular complexity index is 1110. The molecular formula is C25H34N6O2S. The van der Waals surface area contributed by atoms with Gasteiger partial charge in [0.1, 0.15) is 0 Å². The van der Waals surface area contributed by atoms with E-state index in [0.29, 0.717) is 24.3 Å². The van der Waals surface area contributed by atoms with Gasteiger partial charge in [-0.3, -0.25) is 9.36 Å². The zero-order valence-electron chi connectivity index (χ0n) is 20.5. The van der Waals surface area contributed by atoms with Crippen molar-refractivity contribution in [3.63, 3.8) is 0 Å². The number of aromatic nitrogens is 3. The van der Waals surface area contributed by atoms with E-state index in [1.807, 2.05) is 16.7 Å². The maximum Gasteiger partial charge on any atom is 0.250 e. The first-order valence-corrected chi connectivity index (χ1v) is 13.1. The Morgan fingerprint density at radius 3 is 2.74 bits per heavy atom. The number of hydrogen-bond acceptors (Lipinski definition) is 7. The van der Waals surface area contributed by atoms with Crippen LogP contribution < -0.4 is 10.3 Å². The Kier molecular flexibility index (Phi) is 6.18. The van der Waals surface area contributed by atoms with Crippen molar-refractivity contribution in [1.82, 2.24) is 20.2 Å². The normalized spacial score (nSPS) is 26.9. The van der Waals surface area contributed by atoms with Gasteiger partial charge in [-0.2, -0.15) is 5.10 Å². The van der Waals surface area contributed by atoms with Gasteiger partial charge < -0.3 is 9.64 Å². The van der Waals surface area contributed by atoms with Gasteiger partial charge in [0, 0.05) is 24.2 Å². The maximum atomic E-state index is 12.7. The molecule has 5 rings (SSSR count). The predicted molar refractivity (Wildman–Crippen MR) is 135 cm³/mol. The van der Waals surface area contributed by atoms with Crippen LogP contribution in [0.25, 0.3) is 5.69 Å². The molecule has 182 valence electrons. The van der Waals surface area contributed by atoms with E-state index in [1.165, 1.54) is 18.2 Å². The number of hydrogen-bond donors (Lipinski definition) is 1. The smallest absolute Gasteiger partial charge is 0.250 e. The number of carbonyl (C=O) groups excluding carboxylic acids is 1. The van der Waals surface area contributed by atoms with Gasteiger partial charge >= 0.3 is 0 Å². The van der Waals surface area contributed by atoms with Crippen molar-refractivity contribution >= 4 is 29.3 Å². The minimum Gasteiger partial charge on any atom is -0.378 e. The fraction of sp³-hybridized carbons (Fsp3) is 0.600. The van der Waals surface area contributed by atoms with Crippen LogP contribution in [0.4, 0.5) is 5.95 Å². The van der Waals surface area contributed by atoms with Gasteiger partial charge in [0.05, 0.1) is 24.7 Å². The first kappa shape index (κ1) is 23.4. The lowest BCUT2D eigenvalue weighted by atomic mass is 9.70. The van der Waals surface area contributed by atoms with Gasteiger partial charge in [-0.25, -0.2) is 5.43 Å². The Hall–Kier alpha value is -2.39. The fourth-order valence-electron chi connectivity index (χ4n) is 5.71. The third-order valence-electron chi connectivity index (χ3n) is 8.33. The lowest BCUT2D eigenvalue weighted by molar-refractivity contribution is -0.118. The number of morpholine rings is 1. The van der Waals surface area contributed by atoms with Crippen molar-refractivity contribution in [3.05, 3.63) is 29.8 Å². The van der Waals surface area contributed by atoms with Crippen molar-refractivity contribution in [2.45, 2.75) is 52.1 Å². The second-order valence-electron chi connectivity index (χ2n) is 10.4. The van der Waals surface area contributed by atoms with Gasteiger partial charge in [-0.15, -0.1) is 10.2 Å².